The number of hydrogen-bond donors (Lipinski definition) is 1. The van der Waals surface area contributed by atoms with Crippen LogP contribution >= 0.6 is 0 Å². The second kappa shape index (κ2) is 6.17. The summed E-state index contributed by atoms with van der Waals surface area (Å²) in [5, 5.41) is 2.85. The minimum Gasteiger partial charge on any atom is -0.444 e. The molecule has 0 aliphatic carbocycles. The Morgan fingerprint density at radius 1 is 1.35 bits per heavy atom. The highest BCUT2D eigenvalue weighted by Crippen LogP contribution is 2.28. The van der Waals surface area contributed by atoms with E-state index in [2.05, 4.69) is 10.1 Å². The molecule has 118 valence electrons. The number of carbonyl (C=O) groups excluding carboxylic acids is 1. The van der Waals surface area contributed by atoms with E-state index in [4.69, 9.17) is 4.74 Å². The van der Waals surface area contributed by atoms with Gasteiger partial charge in [0.05, 0.1) is 18.7 Å². The average Bonchev–Trinajstić information content (AvgIpc) is 2.56. The predicted octanol–water partition coefficient (Wildman–Crippen LogP) is 2.12. The van der Waals surface area contributed by atoms with Crippen LogP contribution in [0.4, 0.5) is 18.0 Å². The van der Waals surface area contributed by atoms with E-state index >= 15 is 0 Å². The number of amides is 1. The zero-order chi connectivity index (χ0) is 15.6. The third kappa shape index (κ3) is 5.54. The van der Waals surface area contributed by atoms with Crippen LogP contribution in [0.3, 0.4) is 0 Å². The second-order valence-electron chi connectivity index (χ2n) is 5.77. The van der Waals surface area contributed by atoms with Crippen molar-refractivity contribution in [2.24, 2.45) is 0 Å². The molecule has 1 N–H and O–H groups in total. The van der Waals surface area contributed by atoms with Crippen LogP contribution in [-0.2, 0) is 9.47 Å². The van der Waals surface area contributed by atoms with E-state index in [0.717, 1.165) is 0 Å². The first-order valence-corrected chi connectivity index (χ1v) is 6.40. The number of hydrogen-bond acceptors (Lipinski definition) is 4. The molecular weight excluding hydrogens is 277 g/mol. The fraction of sp³-hybridized carbons (Fsp3) is 0.917. The summed E-state index contributed by atoms with van der Waals surface area (Å²) in [6.45, 7) is 5.38. The van der Waals surface area contributed by atoms with Gasteiger partial charge in [-0.1, -0.05) is 0 Å². The Hall–Kier alpha value is -1.02. The van der Waals surface area contributed by atoms with E-state index in [9.17, 15) is 18.0 Å². The Bertz CT molecular complexity index is 342. The quantitative estimate of drug-likeness (QED) is 0.867. The summed E-state index contributed by atoms with van der Waals surface area (Å²) >= 11 is 0. The van der Waals surface area contributed by atoms with Crippen molar-refractivity contribution in [1.82, 2.24) is 10.2 Å². The zero-order valence-electron chi connectivity index (χ0n) is 12.1. The minimum absolute atomic E-state index is 0.124. The van der Waals surface area contributed by atoms with E-state index in [0.29, 0.717) is 6.54 Å². The zero-order valence-corrected chi connectivity index (χ0v) is 12.1. The Morgan fingerprint density at radius 2 is 1.95 bits per heavy atom. The Morgan fingerprint density at radius 3 is 2.40 bits per heavy atom. The lowest BCUT2D eigenvalue weighted by atomic mass is 10.2. The van der Waals surface area contributed by atoms with Crippen molar-refractivity contribution < 1.29 is 27.4 Å². The highest BCUT2D eigenvalue weighted by molar-refractivity contribution is 5.69. The molecule has 1 aliphatic rings. The van der Waals surface area contributed by atoms with E-state index in [1.54, 1.807) is 27.8 Å². The first kappa shape index (κ1) is 17.0. The van der Waals surface area contributed by atoms with Gasteiger partial charge in [-0.2, -0.15) is 0 Å². The molecule has 1 fully saturated rings. The summed E-state index contributed by atoms with van der Waals surface area (Å²) in [6.07, 6.45) is -6.25. The number of likely N-dealkylation sites (tertiary alicyclic amines) is 1. The van der Waals surface area contributed by atoms with Gasteiger partial charge in [0.2, 0.25) is 0 Å². The summed E-state index contributed by atoms with van der Waals surface area (Å²) < 4.78 is 45.9. The van der Waals surface area contributed by atoms with Gasteiger partial charge in [0, 0.05) is 6.54 Å². The van der Waals surface area contributed by atoms with Crippen LogP contribution in [-0.4, -0.2) is 55.2 Å². The van der Waals surface area contributed by atoms with Crippen molar-refractivity contribution in [2.45, 2.75) is 51.3 Å². The van der Waals surface area contributed by atoms with Crippen molar-refractivity contribution >= 4 is 6.09 Å². The van der Waals surface area contributed by atoms with Crippen LogP contribution in [0.1, 0.15) is 27.2 Å². The van der Waals surface area contributed by atoms with Gasteiger partial charge in [0.1, 0.15) is 5.60 Å². The molecule has 1 heterocycles. The molecule has 2 atom stereocenters. The van der Waals surface area contributed by atoms with E-state index in [-0.39, 0.29) is 19.0 Å². The summed E-state index contributed by atoms with van der Waals surface area (Å²) in [7, 11) is 1.67. The van der Waals surface area contributed by atoms with E-state index < -0.39 is 24.2 Å². The topological polar surface area (TPSA) is 50.8 Å². The maximum atomic E-state index is 12.2. The molecule has 8 heteroatoms. The lowest BCUT2D eigenvalue weighted by Gasteiger charge is -2.28. The third-order valence-electron chi connectivity index (χ3n) is 2.74. The summed E-state index contributed by atoms with van der Waals surface area (Å²) in [5.41, 5.74) is -0.690. The maximum Gasteiger partial charge on any atom is 0.522 e. The van der Waals surface area contributed by atoms with Crippen LogP contribution in [0.5, 0.6) is 0 Å². The predicted molar refractivity (Wildman–Crippen MR) is 66.2 cm³/mol. The number of alkyl halides is 3. The highest BCUT2D eigenvalue weighted by Gasteiger charge is 2.43. The summed E-state index contributed by atoms with van der Waals surface area (Å²) in [5.74, 6) is 0. The van der Waals surface area contributed by atoms with Crippen LogP contribution < -0.4 is 5.32 Å². The Kier molecular flexibility index (Phi) is 5.26. The number of nitrogens with zero attached hydrogens (tertiary/aromatic N) is 1. The molecule has 20 heavy (non-hydrogen) atoms. The van der Waals surface area contributed by atoms with Crippen LogP contribution in [0.25, 0.3) is 0 Å². The maximum absolute atomic E-state index is 12.2. The van der Waals surface area contributed by atoms with Crippen LogP contribution in [0, 0.1) is 0 Å². The molecule has 1 amide bonds. The molecule has 0 spiro atoms. The first-order valence-electron chi connectivity index (χ1n) is 6.40. The molecule has 0 unspecified atom stereocenters. The van der Waals surface area contributed by atoms with Gasteiger partial charge in [-0.05, 0) is 34.2 Å². The lowest BCUT2D eigenvalue weighted by Crippen LogP contribution is -2.43. The Labute approximate surface area is 116 Å². The number of likely N-dealkylation sites (N-methyl/N-ethyl adjacent to an activating group) is 1. The first-order chi connectivity index (χ1) is 9.02. The molecule has 1 aliphatic heterocycles. The molecule has 0 aromatic rings. The van der Waals surface area contributed by atoms with Gasteiger partial charge < -0.3 is 15.0 Å². The third-order valence-corrected chi connectivity index (χ3v) is 2.74. The number of halogens is 3. The van der Waals surface area contributed by atoms with Crippen LogP contribution in [0.15, 0.2) is 0 Å². The molecule has 0 bridgehead atoms. The largest absolute Gasteiger partial charge is 0.522 e. The van der Waals surface area contributed by atoms with Crippen molar-refractivity contribution in [3.8, 4) is 0 Å². The number of ether oxygens (including phenoxy) is 2. The van der Waals surface area contributed by atoms with Gasteiger partial charge in [-0.25, -0.2) is 4.79 Å². The molecule has 1 saturated heterocycles. The fourth-order valence-electron chi connectivity index (χ4n) is 2.12. The van der Waals surface area contributed by atoms with Crippen LogP contribution in [0.2, 0.25) is 0 Å². The van der Waals surface area contributed by atoms with Gasteiger partial charge in [-0.15, -0.1) is 13.2 Å². The molecule has 0 radical (unpaired) electrons. The van der Waals surface area contributed by atoms with E-state index in [1.807, 2.05) is 0 Å². The number of nitrogens with one attached hydrogen (secondary N) is 1. The standard InChI is InChI=1S/C12H21F3N2O3/c1-11(2,3)20-10(18)17-7-9(19-12(13,14)15)5-8(17)6-16-4/h8-9,16H,5-7H2,1-4H3/t8-,9+/m0/s1. The lowest BCUT2D eigenvalue weighted by molar-refractivity contribution is -0.340. The van der Waals surface area contributed by atoms with E-state index in [1.165, 1.54) is 4.90 Å². The van der Waals surface area contributed by atoms with Crippen molar-refractivity contribution in [3.05, 3.63) is 0 Å². The minimum atomic E-state index is -4.70. The van der Waals surface area contributed by atoms with Crippen molar-refractivity contribution in [2.75, 3.05) is 20.1 Å². The van der Waals surface area contributed by atoms with Gasteiger partial charge in [0.15, 0.2) is 0 Å². The fourth-order valence-corrected chi connectivity index (χ4v) is 2.12. The molecule has 1 rings (SSSR count). The van der Waals surface area contributed by atoms with Gasteiger partial charge in [0.25, 0.3) is 0 Å². The van der Waals surface area contributed by atoms with Gasteiger partial charge in [-0.3, -0.25) is 4.74 Å². The summed E-state index contributed by atoms with van der Waals surface area (Å²) in [4.78, 5) is 13.3. The molecule has 0 aromatic carbocycles. The normalized spacial score (nSPS) is 24.1. The second-order valence-corrected chi connectivity index (χ2v) is 5.77. The van der Waals surface area contributed by atoms with Gasteiger partial charge >= 0.3 is 12.5 Å². The smallest absolute Gasteiger partial charge is 0.444 e. The molecule has 0 aromatic heterocycles. The molecular formula is C12H21F3N2O3. The molecule has 5 nitrogen and oxygen atoms in total. The Balaban J connectivity index is 2.69. The highest BCUT2D eigenvalue weighted by atomic mass is 19.4. The monoisotopic (exact) mass is 298 g/mol. The number of carbonyl (C=O) groups is 1. The molecule has 0 saturated carbocycles. The summed E-state index contributed by atoms with van der Waals surface area (Å²) in [6, 6.07) is -0.373. The number of rotatable bonds is 3. The van der Waals surface area contributed by atoms with Crippen molar-refractivity contribution in [3.63, 3.8) is 0 Å². The average molecular weight is 298 g/mol. The SMILES string of the molecule is CNC[C@@H]1C[C@@H](OC(F)(F)F)CN1C(=O)OC(C)(C)C. The van der Waals surface area contributed by atoms with Crippen molar-refractivity contribution in [1.29, 1.82) is 0 Å².